The Bertz CT molecular complexity index is 439. The number of piperazine rings is 1. The third-order valence-corrected chi connectivity index (χ3v) is 2.61. The molecular formula is C13H13N3. The zero-order valence-corrected chi connectivity index (χ0v) is 9.03. The minimum Gasteiger partial charge on any atom is -0.369 e. The second-order valence-electron chi connectivity index (χ2n) is 3.65. The van der Waals surface area contributed by atoms with Crippen molar-refractivity contribution in [1.82, 2.24) is 5.32 Å². The van der Waals surface area contributed by atoms with Crippen LogP contribution in [0.25, 0.3) is 0 Å². The van der Waals surface area contributed by atoms with E-state index in [2.05, 4.69) is 34.2 Å². The molecule has 1 aliphatic heterocycles. The predicted octanol–water partition coefficient (Wildman–Crippen LogP) is 0.971. The molecule has 0 saturated carbocycles. The largest absolute Gasteiger partial charge is 0.369 e. The monoisotopic (exact) mass is 211 g/mol. The predicted molar refractivity (Wildman–Crippen MR) is 64.0 cm³/mol. The average molecular weight is 211 g/mol. The number of nitrogens with zero attached hydrogens (tertiary/aromatic N) is 2. The third kappa shape index (κ3) is 2.53. The molecule has 0 bridgehead atoms. The van der Waals surface area contributed by atoms with Crippen LogP contribution in [-0.2, 0) is 0 Å². The number of hydrogen-bond donors (Lipinski definition) is 1. The molecule has 0 radical (unpaired) electrons. The topological polar surface area (TPSA) is 39.1 Å². The normalized spacial score (nSPS) is 14.8. The highest BCUT2D eigenvalue weighted by Crippen LogP contribution is 2.15. The number of rotatable bonds is 1. The molecule has 1 aliphatic rings. The van der Waals surface area contributed by atoms with Crippen molar-refractivity contribution in [2.75, 3.05) is 31.1 Å². The standard InChI is InChI=1S/C13H13N3/c14-7-1-2-12-3-5-13(6-4-12)16-10-8-15-9-11-16/h3-6,15H,8-11H2. The highest BCUT2D eigenvalue weighted by Gasteiger charge is 2.09. The Balaban J connectivity index is 2.09. The molecular weight excluding hydrogens is 198 g/mol. The first-order valence-corrected chi connectivity index (χ1v) is 5.36. The van der Waals surface area contributed by atoms with E-state index in [0.29, 0.717) is 0 Å². The lowest BCUT2D eigenvalue weighted by Gasteiger charge is -2.29. The van der Waals surface area contributed by atoms with Crippen molar-refractivity contribution in [1.29, 1.82) is 5.26 Å². The second kappa shape index (κ2) is 5.21. The zero-order chi connectivity index (χ0) is 11.2. The molecule has 0 aromatic heterocycles. The summed E-state index contributed by atoms with van der Waals surface area (Å²) in [5.74, 6) is 5.18. The highest BCUT2D eigenvalue weighted by molar-refractivity contribution is 5.51. The van der Waals surface area contributed by atoms with E-state index < -0.39 is 0 Å². The molecule has 16 heavy (non-hydrogen) atoms. The summed E-state index contributed by atoms with van der Waals surface area (Å²) in [4.78, 5) is 2.35. The van der Waals surface area contributed by atoms with Gasteiger partial charge in [-0.3, -0.25) is 0 Å². The summed E-state index contributed by atoms with van der Waals surface area (Å²) in [5.41, 5.74) is 2.12. The van der Waals surface area contributed by atoms with E-state index in [1.165, 1.54) is 5.69 Å². The number of hydrogen-bond acceptors (Lipinski definition) is 3. The van der Waals surface area contributed by atoms with Crippen LogP contribution >= 0.6 is 0 Å². The smallest absolute Gasteiger partial charge is 0.152 e. The van der Waals surface area contributed by atoms with E-state index in [0.717, 1.165) is 31.7 Å². The van der Waals surface area contributed by atoms with Crippen LogP contribution in [0.3, 0.4) is 0 Å². The molecule has 0 amide bonds. The molecule has 0 atom stereocenters. The van der Waals surface area contributed by atoms with Crippen molar-refractivity contribution in [3.8, 4) is 17.9 Å². The van der Waals surface area contributed by atoms with Gasteiger partial charge in [-0.1, -0.05) is 5.92 Å². The van der Waals surface area contributed by atoms with E-state index in [4.69, 9.17) is 5.26 Å². The van der Waals surface area contributed by atoms with Crippen LogP contribution in [0.1, 0.15) is 5.56 Å². The average Bonchev–Trinajstić information content (AvgIpc) is 2.38. The Labute approximate surface area is 95.7 Å². The van der Waals surface area contributed by atoms with E-state index in [1.54, 1.807) is 0 Å². The molecule has 1 aromatic rings. The van der Waals surface area contributed by atoms with Gasteiger partial charge >= 0.3 is 0 Å². The van der Waals surface area contributed by atoms with Crippen molar-refractivity contribution < 1.29 is 0 Å². The lowest BCUT2D eigenvalue weighted by atomic mass is 10.2. The van der Waals surface area contributed by atoms with Crippen LogP contribution in [0, 0.1) is 23.2 Å². The number of nitriles is 1. The highest BCUT2D eigenvalue weighted by atomic mass is 15.2. The second-order valence-corrected chi connectivity index (χ2v) is 3.65. The van der Waals surface area contributed by atoms with Crippen molar-refractivity contribution in [3.63, 3.8) is 0 Å². The van der Waals surface area contributed by atoms with E-state index >= 15 is 0 Å². The summed E-state index contributed by atoms with van der Waals surface area (Å²) < 4.78 is 0. The lowest BCUT2D eigenvalue weighted by Crippen LogP contribution is -2.43. The molecule has 0 spiro atoms. The maximum atomic E-state index is 8.35. The van der Waals surface area contributed by atoms with Crippen LogP contribution in [0.4, 0.5) is 5.69 Å². The Morgan fingerprint density at radius 1 is 1.12 bits per heavy atom. The van der Waals surface area contributed by atoms with Gasteiger partial charge in [0, 0.05) is 43.4 Å². The Hall–Kier alpha value is -1.97. The molecule has 1 saturated heterocycles. The molecule has 0 unspecified atom stereocenters. The third-order valence-electron chi connectivity index (χ3n) is 2.61. The molecule has 2 rings (SSSR count). The maximum absolute atomic E-state index is 8.35. The van der Waals surface area contributed by atoms with Gasteiger partial charge in [-0.25, -0.2) is 0 Å². The van der Waals surface area contributed by atoms with Gasteiger partial charge in [0.2, 0.25) is 0 Å². The van der Waals surface area contributed by atoms with Crippen molar-refractivity contribution in [2.45, 2.75) is 0 Å². The van der Waals surface area contributed by atoms with Gasteiger partial charge in [-0.05, 0) is 24.3 Å². The van der Waals surface area contributed by atoms with Gasteiger partial charge in [-0.15, -0.1) is 0 Å². The number of anilines is 1. The Morgan fingerprint density at radius 2 is 1.81 bits per heavy atom. The van der Waals surface area contributed by atoms with Gasteiger partial charge < -0.3 is 10.2 Å². The Kier molecular flexibility index (Phi) is 3.43. The summed E-state index contributed by atoms with van der Waals surface area (Å²) in [5, 5.41) is 11.7. The first-order valence-electron chi connectivity index (χ1n) is 5.36. The molecule has 0 aliphatic carbocycles. The summed E-state index contributed by atoms with van der Waals surface area (Å²) in [6.07, 6.45) is 0. The SMILES string of the molecule is N#CC#Cc1ccc(N2CCNCC2)cc1. The quantitative estimate of drug-likeness (QED) is 0.704. The van der Waals surface area contributed by atoms with Gasteiger partial charge in [0.25, 0.3) is 0 Å². The van der Waals surface area contributed by atoms with Crippen LogP contribution in [0.15, 0.2) is 24.3 Å². The molecule has 1 heterocycles. The molecule has 80 valence electrons. The molecule has 3 heteroatoms. The first kappa shape index (κ1) is 10.5. The molecule has 1 fully saturated rings. The fourth-order valence-electron chi connectivity index (χ4n) is 1.78. The van der Waals surface area contributed by atoms with Crippen molar-refractivity contribution in [2.24, 2.45) is 0 Å². The summed E-state index contributed by atoms with van der Waals surface area (Å²) in [7, 11) is 0. The van der Waals surface area contributed by atoms with E-state index in [-0.39, 0.29) is 0 Å². The van der Waals surface area contributed by atoms with Crippen LogP contribution < -0.4 is 10.2 Å². The minimum atomic E-state index is 0.889. The Morgan fingerprint density at radius 3 is 2.44 bits per heavy atom. The fraction of sp³-hybridized carbons (Fsp3) is 0.308. The summed E-state index contributed by atoms with van der Waals surface area (Å²) in [6.45, 7) is 4.17. The van der Waals surface area contributed by atoms with Crippen LogP contribution in [0.2, 0.25) is 0 Å². The first-order chi connectivity index (χ1) is 7.90. The van der Waals surface area contributed by atoms with Gasteiger partial charge in [-0.2, -0.15) is 5.26 Å². The van der Waals surface area contributed by atoms with Crippen LogP contribution in [-0.4, -0.2) is 26.2 Å². The molecule has 1 aromatic carbocycles. The van der Waals surface area contributed by atoms with E-state index in [9.17, 15) is 0 Å². The van der Waals surface area contributed by atoms with Gasteiger partial charge in [0.1, 0.15) is 0 Å². The van der Waals surface area contributed by atoms with Gasteiger partial charge in [0.15, 0.2) is 6.07 Å². The van der Waals surface area contributed by atoms with E-state index in [1.807, 2.05) is 18.2 Å². The molecule has 3 nitrogen and oxygen atoms in total. The van der Waals surface area contributed by atoms with Crippen molar-refractivity contribution in [3.05, 3.63) is 29.8 Å². The van der Waals surface area contributed by atoms with Crippen molar-refractivity contribution >= 4 is 5.69 Å². The summed E-state index contributed by atoms with van der Waals surface area (Å²) >= 11 is 0. The summed E-state index contributed by atoms with van der Waals surface area (Å²) in [6, 6.07) is 9.86. The maximum Gasteiger partial charge on any atom is 0.152 e. The lowest BCUT2D eigenvalue weighted by molar-refractivity contribution is 0.589. The molecule has 1 N–H and O–H groups in total. The number of benzene rings is 1. The zero-order valence-electron chi connectivity index (χ0n) is 9.03. The fourth-order valence-corrected chi connectivity index (χ4v) is 1.78. The van der Waals surface area contributed by atoms with Crippen LogP contribution in [0.5, 0.6) is 0 Å². The van der Waals surface area contributed by atoms with Gasteiger partial charge in [0.05, 0.1) is 0 Å². The minimum absolute atomic E-state index is 0.889. The number of nitrogens with one attached hydrogen (secondary N) is 1.